The molecular weight excluding hydrogens is 250 g/mol. The van der Waals surface area contributed by atoms with Gasteiger partial charge in [0.05, 0.1) is 5.69 Å². The maximum atomic E-state index is 12.8. The molecular formula is C16H21N3O. The summed E-state index contributed by atoms with van der Waals surface area (Å²) >= 11 is 0. The number of hydrogen-bond acceptors (Lipinski definition) is 2. The number of amides is 1. The second-order valence-corrected chi connectivity index (χ2v) is 5.98. The maximum absolute atomic E-state index is 12.8. The van der Waals surface area contributed by atoms with Gasteiger partial charge in [-0.15, -0.1) is 0 Å². The molecule has 0 radical (unpaired) electrons. The van der Waals surface area contributed by atoms with E-state index in [4.69, 9.17) is 0 Å². The molecule has 4 nitrogen and oxygen atoms in total. The summed E-state index contributed by atoms with van der Waals surface area (Å²) in [6.07, 6.45) is 4.31. The standard InChI is InChI=1S/C16H21N3O/c1-11-5-4-8-18(9-11)16(20)15-13(3)17-14-7-6-12(2)10-19(14)15/h6-7,10-11H,4-5,8-9H2,1-3H3. The van der Waals surface area contributed by atoms with Gasteiger partial charge in [0.25, 0.3) is 5.91 Å². The molecule has 1 amide bonds. The summed E-state index contributed by atoms with van der Waals surface area (Å²) < 4.78 is 1.94. The largest absolute Gasteiger partial charge is 0.337 e. The number of carbonyl (C=O) groups is 1. The summed E-state index contributed by atoms with van der Waals surface area (Å²) in [4.78, 5) is 19.3. The number of aryl methyl sites for hydroxylation is 2. The van der Waals surface area contributed by atoms with E-state index in [0.29, 0.717) is 5.92 Å². The van der Waals surface area contributed by atoms with Crippen molar-refractivity contribution >= 4 is 11.6 Å². The molecule has 106 valence electrons. The molecule has 0 bridgehead atoms. The van der Waals surface area contributed by atoms with E-state index in [1.54, 1.807) is 0 Å². The fourth-order valence-electron chi connectivity index (χ4n) is 3.05. The first-order valence-electron chi connectivity index (χ1n) is 7.31. The highest BCUT2D eigenvalue weighted by Gasteiger charge is 2.26. The number of nitrogens with zero attached hydrogens (tertiary/aromatic N) is 3. The molecule has 3 rings (SSSR count). The summed E-state index contributed by atoms with van der Waals surface area (Å²) in [6.45, 7) is 7.89. The molecule has 3 heterocycles. The molecule has 1 aliphatic heterocycles. The van der Waals surface area contributed by atoms with Crippen molar-refractivity contribution in [2.75, 3.05) is 13.1 Å². The second kappa shape index (κ2) is 4.93. The number of carbonyl (C=O) groups excluding carboxylic acids is 1. The number of likely N-dealkylation sites (tertiary alicyclic amines) is 1. The third-order valence-corrected chi connectivity index (χ3v) is 4.09. The van der Waals surface area contributed by atoms with Gasteiger partial charge in [-0.05, 0) is 44.2 Å². The minimum absolute atomic E-state index is 0.118. The van der Waals surface area contributed by atoms with Gasteiger partial charge in [0.15, 0.2) is 0 Å². The molecule has 0 N–H and O–H groups in total. The van der Waals surface area contributed by atoms with Gasteiger partial charge in [-0.3, -0.25) is 9.20 Å². The lowest BCUT2D eigenvalue weighted by molar-refractivity contribution is 0.0675. The van der Waals surface area contributed by atoms with Gasteiger partial charge in [0, 0.05) is 19.3 Å². The van der Waals surface area contributed by atoms with Crippen molar-refractivity contribution in [3.8, 4) is 0 Å². The maximum Gasteiger partial charge on any atom is 0.272 e. The van der Waals surface area contributed by atoms with Crippen LogP contribution < -0.4 is 0 Å². The van der Waals surface area contributed by atoms with Crippen LogP contribution in [0.1, 0.15) is 41.5 Å². The van der Waals surface area contributed by atoms with Gasteiger partial charge in [0.2, 0.25) is 0 Å². The van der Waals surface area contributed by atoms with E-state index in [1.807, 2.05) is 41.5 Å². The van der Waals surface area contributed by atoms with E-state index in [-0.39, 0.29) is 5.91 Å². The highest BCUT2D eigenvalue weighted by molar-refractivity contribution is 5.94. The molecule has 4 heteroatoms. The Balaban J connectivity index is 2.02. The predicted molar refractivity (Wildman–Crippen MR) is 79.0 cm³/mol. The van der Waals surface area contributed by atoms with E-state index in [0.717, 1.165) is 42.1 Å². The minimum atomic E-state index is 0.118. The Hall–Kier alpha value is -1.84. The third-order valence-electron chi connectivity index (χ3n) is 4.09. The van der Waals surface area contributed by atoms with Gasteiger partial charge in [-0.25, -0.2) is 4.98 Å². The zero-order valence-corrected chi connectivity index (χ0v) is 12.4. The zero-order chi connectivity index (χ0) is 14.3. The third kappa shape index (κ3) is 2.19. The Morgan fingerprint density at radius 3 is 2.90 bits per heavy atom. The van der Waals surface area contributed by atoms with E-state index < -0.39 is 0 Å². The van der Waals surface area contributed by atoms with Gasteiger partial charge < -0.3 is 4.90 Å². The Morgan fingerprint density at radius 1 is 1.35 bits per heavy atom. The van der Waals surface area contributed by atoms with Crippen molar-refractivity contribution in [3.05, 3.63) is 35.3 Å². The average Bonchev–Trinajstić information content (AvgIpc) is 2.73. The average molecular weight is 271 g/mol. The van der Waals surface area contributed by atoms with Crippen molar-refractivity contribution in [1.82, 2.24) is 14.3 Å². The molecule has 1 unspecified atom stereocenters. The number of hydrogen-bond donors (Lipinski definition) is 0. The zero-order valence-electron chi connectivity index (χ0n) is 12.4. The fraction of sp³-hybridized carbons (Fsp3) is 0.500. The smallest absolute Gasteiger partial charge is 0.272 e. The second-order valence-electron chi connectivity index (χ2n) is 5.98. The van der Waals surface area contributed by atoms with Gasteiger partial charge in [-0.1, -0.05) is 13.0 Å². The number of aromatic nitrogens is 2. The highest BCUT2D eigenvalue weighted by Crippen LogP contribution is 2.20. The van der Waals surface area contributed by atoms with E-state index in [2.05, 4.69) is 11.9 Å². The predicted octanol–water partition coefficient (Wildman–Crippen LogP) is 2.82. The Morgan fingerprint density at radius 2 is 2.15 bits per heavy atom. The number of fused-ring (bicyclic) bond motifs is 1. The van der Waals surface area contributed by atoms with E-state index >= 15 is 0 Å². The van der Waals surface area contributed by atoms with Gasteiger partial charge >= 0.3 is 0 Å². The van der Waals surface area contributed by atoms with Crippen LogP contribution in [0.2, 0.25) is 0 Å². The molecule has 2 aromatic rings. The van der Waals surface area contributed by atoms with Crippen LogP contribution in [-0.2, 0) is 0 Å². The first-order chi connectivity index (χ1) is 9.56. The highest BCUT2D eigenvalue weighted by atomic mass is 16.2. The van der Waals surface area contributed by atoms with Crippen LogP contribution in [0.15, 0.2) is 18.3 Å². The summed E-state index contributed by atoms with van der Waals surface area (Å²) in [6, 6.07) is 4.00. The number of imidazole rings is 1. The first-order valence-corrected chi connectivity index (χ1v) is 7.31. The van der Waals surface area contributed by atoms with Gasteiger partial charge in [-0.2, -0.15) is 0 Å². The molecule has 1 saturated heterocycles. The first kappa shape index (κ1) is 13.2. The normalized spacial score (nSPS) is 19.6. The van der Waals surface area contributed by atoms with Gasteiger partial charge in [0.1, 0.15) is 11.3 Å². The Bertz CT molecular complexity index is 659. The van der Waals surface area contributed by atoms with Crippen LogP contribution in [-0.4, -0.2) is 33.3 Å². The topological polar surface area (TPSA) is 37.6 Å². The van der Waals surface area contributed by atoms with Crippen LogP contribution in [0.25, 0.3) is 5.65 Å². The lowest BCUT2D eigenvalue weighted by Crippen LogP contribution is -2.39. The fourth-order valence-corrected chi connectivity index (χ4v) is 3.05. The van der Waals surface area contributed by atoms with Crippen LogP contribution in [0.4, 0.5) is 0 Å². The minimum Gasteiger partial charge on any atom is -0.337 e. The number of rotatable bonds is 1. The Labute approximate surface area is 119 Å². The molecule has 0 saturated carbocycles. The molecule has 1 aliphatic rings. The summed E-state index contributed by atoms with van der Waals surface area (Å²) in [5, 5.41) is 0. The van der Waals surface area contributed by atoms with Crippen LogP contribution in [0.5, 0.6) is 0 Å². The molecule has 0 spiro atoms. The molecule has 1 fully saturated rings. The lowest BCUT2D eigenvalue weighted by Gasteiger charge is -2.30. The van der Waals surface area contributed by atoms with Crippen LogP contribution >= 0.6 is 0 Å². The molecule has 0 aromatic carbocycles. The Kier molecular flexibility index (Phi) is 3.24. The monoisotopic (exact) mass is 271 g/mol. The van der Waals surface area contributed by atoms with Crippen molar-refractivity contribution in [1.29, 1.82) is 0 Å². The molecule has 1 atom stereocenters. The van der Waals surface area contributed by atoms with Crippen LogP contribution in [0.3, 0.4) is 0 Å². The van der Waals surface area contributed by atoms with Crippen LogP contribution in [0, 0.1) is 19.8 Å². The summed E-state index contributed by atoms with van der Waals surface area (Å²) in [5.74, 6) is 0.709. The lowest BCUT2D eigenvalue weighted by atomic mass is 10.00. The number of piperidine rings is 1. The molecule has 20 heavy (non-hydrogen) atoms. The quantitative estimate of drug-likeness (QED) is 0.800. The molecule has 0 aliphatic carbocycles. The SMILES string of the molecule is Cc1ccc2nc(C)c(C(=O)N3CCCC(C)C3)n2c1. The van der Waals surface area contributed by atoms with Crippen molar-refractivity contribution in [2.24, 2.45) is 5.92 Å². The molecule has 2 aromatic heterocycles. The summed E-state index contributed by atoms with van der Waals surface area (Å²) in [7, 11) is 0. The van der Waals surface area contributed by atoms with E-state index in [1.165, 1.54) is 6.42 Å². The van der Waals surface area contributed by atoms with Crippen molar-refractivity contribution < 1.29 is 4.79 Å². The summed E-state index contributed by atoms with van der Waals surface area (Å²) in [5.41, 5.74) is 3.52. The van der Waals surface area contributed by atoms with Crippen molar-refractivity contribution in [3.63, 3.8) is 0 Å². The number of pyridine rings is 1. The van der Waals surface area contributed by atoms with E-state index in [9.17, 15) is 4.79 Å². The van der Waals surface area contributed by atoms with Crippen molar-refractivity contribution in [2.45, 2.75) is 33.6 Å².